The van der Waals surface area contributed by atoms with Gasteiger partial charge in [0.25, 0.3) is 0 Å². The van der Waals surface area contributed by atoms with Gasteiger partial charge < -0.3 is 10.1 Å². The molecule has 3 heteroatoms. The lowest BCUT2D eigenvalue weighted by Gasteiger charge is -2.56. The van der Waals surface area contributed by atoms with Crippen LogP contribution in [0.25, 0.3) is 0 Å². The Morgan fingerprint density at radius 3 is 2.30 bits per heavy atom. The fourth-order valence-corrected chi connectivity index (χ4v) is 4.68. The van der Waals surface area contributed by atoms with Crippen LogP contribution in [0, 0.1) is 0 Å². The van der Waals surface area contributed by atoms with Crippen molar-refractivity contribution in [3.05, 3.63) is 0 Å². The molecule has 3 aliphatic rings. The van der Waals surface area contributed by atoms with E-state index in [-0.39, 0.29) is 0 Å². The van der Waals surface area contributed by atoms with Crippen molar-refractivity contribution in [1.29, 1.82) is 0 Å². The molecule has 0 amide bonds. The molecule has 2 bridgehead atoms. The maximum Gasteiger partial charge on any atom is 0.0604 e. The zero-order valence-corrected chi connectivity index (χ0v) is 13.3. The van der Waals surface area contributed by atoms with Gasteiger partial charge in [-0.15, -0.1) is 0 Å². The van der Waals surface area contributed by atoms with Gasteiger partial charge in [-0.2, -0.15) is 0 Å². The summed E-state index contributed by atoms with van der Waals surface area (Å²) < 4.78 is 5.76. The van der Waals surface area contributed by atoms with Gasteiger partial charge in [-0.05, 0) is 58.4 Å². The second-order valence-corrected chi connectivity index (χ2v) is 7.01. The van der Waals surface area contributed by atoms with Crippen LogP contribution in [0.4, 0.5) is 0 Å². The quantitative estimate of drug-likeness (QED) is 0.809. The lowest BCUT2D eigenvalue weighted by atomic mass is 9.76. The Kier molecular flexibility index (Phi) is 5.00. The Labute approximate surface area is 124 Å². The molecule has 3 fully saturated rings. The average Bonchev–Trinajstić information content (AvgIpc) is 2.39. The molecule has 0 radical (unpaired) electrons. The highest BCUT2D eigenvalue weighted by atomic mass is 16.5. The normalized spacial score (nSPS) is 41.4. The predicted molar refractivity (Wildman–Crippen MR) is 83.0 cm³/mol. The Balaban J connectivity index is 1.54. The molecule has 1 aliphatic carbocycles. The van der Waals surface area contributed by atoms with Gasteiger partial charge in [-0.3, -0.25) is 4.90 Å². The van der Waals surface area contributed by atoms with Crippen molar-refractivity contribution in [1.82, 2.24) is 10.2 Å². The number of hydrogen-bond acceptors (Lipinski definition) is 3. The molecule has 1 N–H and O–H groups in total. The zero-order valence-electron chi connectivity index (χ0n) is 13.3. The second-order valence-electron chi connectivity index (χ2n) is 7.01. The summed E-state index contributed by atoms with van der Waals surface area (Å²) in [6.07, 6.45) is 11.5. The molecule has 3 rings (SSSR count). The third kappa shape index (κ3) is 3.05. The first kappa shape index (κ1) is 14.8. The van der Waals surface area contributed by atoms with Gasteiger partial charge in [-0.25, -0.2) is 0 Å². The molecule has 2 unspecified atom stereocenters. The minimum Gasteiger partial charge on any atom is -0.378 e. The molecule has 2 atom stereocenters. The third-order valence-corrected chi connectivity index (χ3v) is 5.61. The first-order chi connectivity index (χ1) is 9.81. The van der Waals surface area contributed by atoms with E-state index in [1.165, 1.54) is 57.9 Å². The number of hydrogen-bond donors (Lipinski definition) is 1. The largest absolute Gasteiger partial charge is 0.378 e. The van der Waals surface area contributed by atoms with Crippen molar-refractivity contribution in [3.8, 4) is 0 Å². The van der Waals surface area contributed by atoms with Crippen molar-refractivity contribution >= 4 is 0 Å². The Morgan fingerprint density at radius 2 is 1.70 bits per heavy atom. The maximum atomic E-state index is 5.76. The van der Waals surface area contributed by atoms with Crippen molar-refractivity contribution < 1.29 is 4.74 Å². The van der Waals surface area contributed by atoms with E-state index < -0.39 is 0 Å². The highest BCUT2D eigenvalue weighted by Crippen LogP contribution is 2.41. The monoisotopic (exact) mass is 280 g/mol. The highest BCUT2D eigenvalue weighted by molar-refractivity contribution is 5.01. The van der Waals surface area contributed by atoms with Crippen LogP contribution in [0.1, 0.15) is 65.2 Å². The number of fused-ring (bicyclic) bond motifs is 2. The van der Waals surface area contributed by atoms with Crippen LogP contribution in [0.5, 0.6) is 0 Å². The van der Waals surface area contributed by atoms with Crippen LogP contribution >= 0.6 is 0 Å². The molecule has 0 spiro atoms. The summed E-state index contributed by atoms with van der Waals surface area (Å²) in [5, 5.41) is 3.77. The Hall–Kier alpha value is -0.120. The third-order valence-electron chi connectivity index (χ3n) is 5.61. The zero-order chi connectivity index (χ0) is 13.9. The average molecular weight is 280 g/mol. The van der Waals surface area contributed by atoms with E-state index in [1.807, 2.05) is 0 Å². The van der Waals surface area contributed by atoms with E-state index in [4.69, 9.17) is 4.74 Å². The van der Waals surface area contributed by atoms with Crippen LogP contribution in [0.2, 0.25) is 0 Å². The van der Waals surface area contributed by atoms with E-state index in [0.29, 0.717) is 6.10 Å². The molecule has 3 nitrogen and oxygen atoms in total. The number of rotatable bonds is 6. The SMILES string of the molecule is CCCNC1CC2CCCC(C1)N2C1CC(OCC)C1. The van der Waals surface area contributed by atoms with Crippen molar-refractivity contribution in [2.45, 2.75) is 95.5 Å². The number of piperidine rings is 2. The van der Waals surface area contributed by atoms with Crippen LogP contribution in [-0.4, -0.2) is 48.3 Å². The lowest BCUT2D eigenvalue weighted by Crippen LogP contribution is -2.63. The Bertz CT molecular complexity index is 289. The topological polar surface area (TPSA) is 24.5 Å². The standard InChI is InChI=1S/C17H32N2O/c1-3-8-18-13-9-14-6-5-7-15(10-13)19(14)16-11-17(12-16)20-4-2/h13-18H,3-12H2,1-2H3. The first-order valence-corrected chi connectivity index (χ1v) is 8.94. The van der Waals surface area contributed by atoms with Crippen molar-refractivity contribution in [3.63, 3.8) is 0 Å². The summed E-state index contributed by atoms with van der Waals surface area (Å²) >= 11 is 0. The molecule has 2 aliphatic heterocycles. The molecule has 2 saturated heterocycles. The van der Waals surface area contributed by atoms with E-state index in [2.05, 4.69) is 24.1 Å². The van der Waals surface area contributed by atoms with Crippen LogP contribution in [0.15, 0.2) is 0 Å². The van der Waals surface area contributed by atoms with Crippen LogP contribution in [0.3, 0.4) is 0 Å². The first-order valence-electron chi connectivity index (χ1n) is 8.94. The van der Waals surface area contributed by atoms with Crippen molar-refractivity contribution in [2.75, 3.05) is 13.2 Å². The van der Waals surface area contributed by atoms with Crippen LogP contribution in [-0.2, 0) is 4.74 Å². The van der Waals surface area contributed by atoms with Crippen molar-refractivity contribution in [2.24, 2.45) is 0 Å². The van der Waals surface area contributed by atoms with Crippen LogP contribution < -0.4 is 5.32 Å². The second kappa shape index (κ2) is 6.76. The molecular weight excluding hydrogens is 248 g/mol. The molecule has 20 heavy (non-hydrogen) atoms. The fraction of sp³-hybridized carbons (Fsp3) is 1.00. The molecular formula is C17H32N2O. The minimum absolute atomic E-state index is 0.557. The van der Waals surface area contributed by atoms with E-state index in [1.54, 1.807) is 0 Å². The highest BCUT2D eigenvalue weighted by Gasteiger charge is 2.45. The summed E-state index contributed by atoms with van der Waals surface area (Å²) in [6.45, 7) is 6.46. The summed E-state index contributed by atoms with van der Waals surface area (Å²) in [5.41, 5.74) is 0. The minimum atomic E-state index is 0.557. The fourth-order valence-electron chi connectivity index (χ4n) is 4.68. The van der Waals surface area contributed by atoms with Gasteiger partial charge in [0.05, 0.1) is 6.10 Å². The van der Waals surface area contributed by atoms with Gasteiger partial charge in [0.15, 0.2) is 0 Å². The number of ether oxygens (including phenoxy) is 1. The molecule has 0 aromatic rings. The number of nitrogens with one attached hydrogen (secondary N) is 1. The smallest absolute Gasteiger partial charge is 0.0604 e. The van der Waals surface area contributed by atoms with Gasteiger partial charge in [-0.1, -0.05) is 13.3 Å². The summed E-state index contributed by atoms with van der Waals surface area (Å²) in [6, 6.07) is 3.31. The van der Waals surface area contributed by atoms with E-state index >= 15 is 0 Å². The molecule has 0 aromatic heterocycles. The lowest BCUT2D eigenvalue weighted by molar-refractivity contribution is -0.0980. The summed E-state index contributed by atoms with van der Waals surface area (Å²) in [4.78, 5) is 2.91. The van der Waals surface area contributed by atoms with Gasteiger partial charge in [0.1, 0.15) is 0 Å². The van der Waals surface area contributed by atoms with Gasteiger partial charge in [0.2, 0.25) is 0 Å². The molecule has 2 heterocycles. The molecule has 0 aromatic carbocycles. The Morgan fingerprint density at radius 1 is 1.00 bits per heavy atom. The maximum absolute atomic E-state index is 5.76. The summed E-state index contributed by atoms with van der Waals surface area (Å²) in [7, 11) is 0. The predicted octanol–water partition coefficient (Wildman–Crippen LogP) is 2.94. The van der Waals surface area contributed by atoms with E-state index in [9.17, 15) is 0 Å². The van der Waals surface area contributed by atoms with E-state index in [0.717, 1.165) is 30.8 Å². The van der Waals surface area contributed by atoms with Gasteiger partial charge in [0, 0.05) is 30.8 Å². The van der Waals surface area contributed by atoms with Gasteiger partial charge >= 0.3 is 0 Å². The molecule has 116 valence electrons. The summed E-state index contributed by atoms with van der Waals surface area (Å²) in [5.74, 6) is 0. The molecule has 1 saturated carbocycles. The number of nitrogens with zero attached hydrogens (tertiary/aromatic N) is 1.